The van der Waals surface area contributed by atoms with E-state index in [1.807, 2.05) is 11.0 Å². The van der Waals surface area contributed by atoms with Crippen LogP contribution in [0, 0.1) is 12.8 Å². The number of aromatic amines is 3. The van der Waals surface area contributed by atoms with Crippen LogP contribution < -0.4 is 25.0 Å². The van der Waals surface area contributed by atoms with Crippen molar-refractivity contribution in [3.8, 4) is 23.0 Å². The summed E-state index contributed by atoms with van der Waals surface area (Å²) in [5.41, 5.74) is 13.8. The van der Waals surface area contributed by atoms with Crippen LogP contribution >= 0.6 is 0 Å². The SMILES string of the molecule is COc1c(O)c2c(c3cc(C(=O)N4CCc5c4c(O)c(OC)c4[nH]c(C(=O)N6C[C@H]7C[C@@]78C6=CCc6[nH]cc(C)c68)cc54)[nH]c13)CCN2C(N)=O. The van der Waals surface area contributed by atoms with Gasteiger partial charge in [-0.2, -0.15) is 0 Å². The van der Waals surface area contributed by atoms with E-state index in [2.05, 4.69) is 34.1 Å². The van der Waals surface area contributed by atoms with E-state index in [1.54, 1.807) is 6.07 Å². The molecule has 260 valence electrons. The number of anilines is 2. The Kier molecular flexibility index (Phi) is 5.73. The van der Waals surface area contributed by atoms with Crippen molar-refractivity contribution in [1.29, 1.82) is 0 Å². The van der Waals surface area contributed by atoms with Crippen LogP contribution in [0.4, 0.5) is 16.2 Å². The molecule has 2 aromatic carbocycles. The Labute approximate surface area is 290 Å². The molecule has 2 fully saturated rings. The van der Waals surface area contributed by atoms with Gasteiger partial charge in [0, 0.05) is 59.8 Å². The monoisotopic (exact) mass is 689 g/mol. The predicted octanol–water partition coefficient (Wildman–Crippen LogP) is 4.21. The van der Waals surface area contributed by atoms with Crippen molar-refractivity contribution in [3.63, 3.8) is 0 Å². The molecule has 7 N–H and O–H groups in total. The molecule has 4 amide bonds. The van der Waals surface area contributed by atoms with Crippen molar-refractivity contribution in [3.05, 3.63) is 69.4 Å². The van der Waals surface area contributed by atoms with Gasteiger partial charge in [-0.05, 0) is 66.5 Å². The lowest BCUT2D eigenvalue weighted by atomic mass is 9.84. The number of ether oxygens (including phenoxy) is 2. The van der Waals surface area contributed by atoms with Crippen molar-refractivity contribution in [2.24, 2.45) is 11.7 Å². The van der Waals surface area contributed by atoms with Crippen LogP contribution in [0.2, 0.25) is 0 Å². The van der Waals surface area contributed by atoms with E-state index in [0.717, 1.165) is 24.1 Å². The number of fused-ring (bicyclic) bond motifs is 7. The van der Waals surface area contributed by atoms with E-state index >= 15 is 0 Å². The van der Waals surface area contributed by atoms with Crippen LogP contribution in [-0.4, -0.2) is 81.8 Å². The lowest BCUT2D eigenvalue weighted by molar-refractivity contribution is 0.0806. The highest BCUT2D eigenvalue weighted by molar-refractivity contribution is 6.15. The molecule has 0 unspecified atom stereocenters. The van der Waals surface area contributed by atoms with Crippen molar-refractivity contribution in [2.75, 3.05) is 43.7 Å². The van der Waals surface area contributed by atoms with E-state index in [0.29, 0.717) is 64.1 Å². The van der Waals surface area contributed by atoms with Crippen molar-refractivity contribution >= 4 is 51.0 Å². The number of H-pyrrole nitrogens is 3. The zero-order chi connectivity index (χ0) is 35.2. The number of benzene rings is 2. The number of phenolic OH excluding ortho intramolecular Hbond substituents is 2. The molecule has 2 atom stereocenters. The number of aromatic nitrogens is 3. The third-order valence-electron chi connectivity index (χ3n) is 11.9. The third kappa shape index (κ3) is 3.58. The van der Waals surface area contributed by atoms with E-state index < -0.39 is 11.9 Å². The summed E-state index contributed by atoms with van der Waals surface area (Å²) in [6.07, 6.45) is 6.90. The minimum absolute atomic E-state index is 0.0856. The molecule has 2 aliphatic carbocycles. The zero-order valence-corrected chi connectivity index (χ0v) is 28.2. The second-order valence-corrected chi connectivity index (χ2v) is 14.2. The highest BCUT2D eigenvalue weighted by atomic mass is 16.5. The van der Waals surface area contributed by atoms with Gasteiger partial charge in [-0.1, -0.05) is 6.08 Å². The van der Waals surface area contributed by atoms with E-state index in [-0.39, 0.29) is 58.8 Å². The molecule has 5 aliphatic rings. The standard InChI is InChI=1S/C37H35N7O7/c1-15-13-39-21-4-5-24-37(25(15)21)12-16(37)14-44(24)35(48)23-11-19-17-6-8-42(28(17)30(45)32(50-2)26(19)41-23)34(47)22-10-20-18-7-9-43(36(38)49)29(18)31(46)33(51-3)27(20)40-22/h5,10-11,13,16,39-41,45-46H,4,6-9,12,14H2,1-3H3,(H2,38,49)/t16-,37+/m1/s1. The molecule has 3 aliphatic heterocycles. The van der Waals surface area contributed by atoms with Gasteiger partial charge in [-0.25, -0.2) is 4.79 Å². The highest BCUT2D eigenvalue weighted by Crippen LogP contribution is 2.67. The number of likely N-dealkylation sites (tertiary alicyclic amines) is 1. The number of carbonyl (C=O) groups is 3. The number of nitrogens with one attached hydrogen (secondary N) is 3. The van der Waals surface area contributed by atoms with Crippen LogP contribution in [0.15, 0.2) is 30.1 Å². The third-order valence-corrected chi connectivity index (χ3v) is 11.9. The molecule has 51 heavy (non-hydrogen) atoms. The summed E-state index contributed by atoms with van der Waals surface area (Å²) in [6.45, 7) is 3.32. The summed E-state index contributed by atoms with van der Waals surface area (Å²) < 4.78 is 11.2. The average Bonchev–Trinajstić information content (AvgIpc) is 3.84. The molecular weight excluding hydrogens is 654 g/mol. The second kappa shape index (κ2) is 9.80. The zero-order valence-electron chi connectivity index (χ0n) is 28.2. The van der Waals surface area contributed by atoms with Gasteiger partial charge in [-0.3, -0.25) is 14.5 Å². The largest absolute Gasteiger partial charge is 0.503 e. The summed E-state index contributed by atoms with van der Waals surface area (Å²) >= 11 is 0. The Morgan fingerprint density at radius 2 is 1.45 bits per heavy atom. The first kappa shape index (κ1) is 29.8. The van der Waals surface area contributed by atoms with Crippen LogP contribution in [0.25, 0.3) is 21.8 Å². The molecule has 10 rings (SSSR count). The Morgan fingerprint density at radius 1 is 0.882 bits per heavy atom. The van der Waals surface area contributed by atoms with Crippen LogP contribution in [0.1, 0.15) is 55.3 Å². The number of phenols is 2. The van der Waals surface area contributed by atoms with Crippen LogP contribution in [-0.2, 0) is 24.7 Å². The lowest BCUT2D eigenvalue weighted by Gasteiger charge is -2.28. The molecule has 14 heteroatoms. The molecule has 0 radical (unpaired) electrons. The smallest absolute Gasteiger partial charge is 0.319 e. The van der Waals surface area contributed by atoms with E-state index in [9.17, 15) is 24.6 Å². The quantitative estimate of drug-likeness (QED) is 0.163. The summed E-state index contributed by atoms with van der Waals surface area (Å²) in [6, 6.07) is 2.78. The minimum Gasteiger partial charge on any atom is -0.503 e. The summed E-state index contributed by atoms with van der Waals surface area (Å²) in [4.78, 5) is 55.1. The first-order valence-corrected chi connectivity index (χ1v) is 17.1. The highest BCUT2D eigenvalue weighted by Gasteiger charge is 2.67. The summed E-state index contributed by atoms with van der Waals surface area (Å²) in [7, 11) is 2.84. The van der Waals surface area contributed by atoms with Gasteiger partial charge in [0.05, 0.1) is 36.6 Å². The van der Waals surface area contributed by atoms with E-state index in [4.69, 9.17) is 15.2 Å². The molecule has 1 saturated carbocycles. The Balaban J connectivity index is 1.03. The topological polar surface area (TPSA) is 193 Å². The van der Waals surface area contributed by atoms with Gasteiger partial charge >= 0.3 is 6.03 Å². The van der Waals surface area contributed by atoms with Gasteiger partial charge in [0.1, 0.15) is 11.4 Å². The number of primary amides is 1. The van der Waals surface area contributed by atoms with Gasteiger partial charge in [0.25, 0.3) is 11.8 Å². The van der Waals surface area contributed by atoms with Gasteiger partial charge in [0.15, 0.2) is 23.0 Å². The molecule has 1 spiro atoms. The Hall–Kier alpha value is -6.05. The lowest BCUT2D eigenvalue weighted by Crippen LogP contribution is -2.34. The Morgan fingerprint density at radius 3 is 2.04 bits per heavy atom. The van der Waals surface area contributed by atoms with Crippen molar-refractivity contribution in [1.82, 2.24) is 19.9 Å². The molecule has 5 aromatic rings. The number of aryl methyl sites for hydroxylation is 1. The number of allylic oxidation sites excluding steroid dienone is 2. The average molecular weight is 690 g/mol. The normalized spacial score (nSPS) is 21.0. The van der Waals surface area contributed by atoms with Gasteiger partial charge in [0.2, 0.25) is 0 Å². The number of methoxy groups -OCH3 is 2. The second-order valence-electron chi connectivity index (χ2n) is 14.2. The fourth-order valence-corrected chi connectivity index (χ4v) is 9.74. The van der Waals surface area contributed by atoms with Crippen LogP contribution in [0.3, 0.4) is 0 Å². The fourth-order valence-electron chi connectivity index (χ4n) is 9.74. The van der Waals surface area contributed by atoms with Crippen molar-refractivity contribution < 1.29 is 34.1 Å². The Bertz CT molecular complexity index is 2490. The maximum absolute atomic E-state index is 14.3. The number of urea groups is 1. The molecular formula is C37H35N7O7. The first-order valence-electron chi connectivity index (χ1n) is 17.1. The summed E-state index contributed by atoms with van der Waals surface area (Å²) in [5, 5.41) is 24.0. The minimum atomic E-state index is -0.700. The number of hydrogen-bond donors (Lipinski definition) is 6. The van der Waals surface area contributed by atoms with Crippen LogP contribution in [0.5, 0.6) is 23.0 Å². The number of nitrogens with zero attached hydrogens (tertiary/aromatic N) is 3. The number of carbonyl (C=O) groups excluding carboxylic acids is 3. The molecule has 6 heterocycles. The number of hydrogen-bond acceptors (Lipinski definition) is 7. The molecule has 0 bridgehead atoms. The predicted molar refractivity (Wildman–Crippen MR) is 187 cm³/mol. The first-order chi connectivity index (χ1) is 24.6. The number of aromatic hydroxyl groups is 2. The number of piperidine rings is 1. The maximum atomic E-state index is 14.3. The van der Waals surface area contributed by atoms with E-state index in [1.165, 1.54) is 40.8 Å². The van der Waals surface area contributed by atoms with Gasteiger partial charge in [-0.15, -0.1) is 0 Å². The number of amides is 4. The maximum Gasteiger partial charge on any atom is 0.319 e. The molecule has 14 nitrogen and oxygen atoms in total. The number of rotatable bonds is 4. The summed E-state index contributed by atoms with van der Waals surface area (Å²) in [5.74, 6) is -0.398. The molecule has 1 saturated heterocycles. The fraction of sp³-hybridized carbons (Fsp3) is 0.324. The van der Waals surface area contributed by atoms with Gasteiger partial charge < -0.3 is 50.2 Å². The molecule has 3 aromatic heterocycles. The number of nitrogens with two attached hydrogens (primary N) is 1. The van der Waals surface area contributed by atoms with Crippen molar-refractivity contribution in [2.45, 2.75) is 38.0 Å².